The number of amides is 2. The third-order valence-corrected chi connectivity index (χ3v) is 4.91. The molecule has 0 saturated carbocycles. The van der Waals surface area contributed by atoms with E-state index in [1.54, 1.807) is 27.7 Å². The highest BCUT2D eigenvalue weighted by atomic mass is 19.4. The fourth-order valence-corrected chi connectivity index (χ4v) is 3.43. The van der Waals surface area contributed by atoms with Gasteiger partial charge in [0.2, 0.25) is 11.8 Å². The molecule has 0 radical (unpaired) electrons. The van der Waals surface area contributed by atoms with Gasteiger partial charge in [-0.05, 0) is 38.8 Å². The lowest BCUT2D eigenvalue weighted by Gasteiger charge is -2.22. The first-order chi connectivity index (χ1) is 14.7. The maximum absolute atomic E-state index is 14.1. The van der Waals surface area contributed by atoms with Gasteiger partial charge in [-0.2, -0.15) is 4.68 Å². The minimum Gasteiger partial charge on any atom is -0.488 e. The normalized spacial score (nSPS) is 19.1. The molecular formula is C21H24F4N4O3. The van der Waals surface area contributed by atoms with Crippen molar-refractivity contribution in [2.75, 3.05) is 11.9 Å². The predicted octanol–water partition coefficient (Wildman–Crippen LogP) is 4.05. The van der Waals surface area contributed by atoms with Gasteiger partial charge in [0.25, 0.3) is 0 Å². The van der Waals surface area contributed by atoms with Crippen LogP contribution < -0.4 is 15.4 Å². The first-order valence-corrected chi connectivity index (χ1v) is 9.98. The van der Waals surface area contributed by atoms with Crippen LogP contribution in [0.5, 0.6) is 5.75 Å². The maximum Gasteiger partial charge on any atom is 0.505 e. The van der Waals surface area contributed by atoms with Crippen molar-refractivity contribution in [1.82, 2.24) is 15.1 Å². The zero-order valence-electron chi connectivity index (χ0n) is 18.0. The van der Waals surface area contributed by atoms with E-state index in [-0.39, 0.29) is 46.0 Å². The molecule has 2 aromatic rings. The minimum atomic E-state index is -4.91. The number of nitrogens with one attached hydrogen (secondary N) is 2. The second-order valence-electron chi connectivity index (χ2n) is 8.73. The Balaban J connectivity index is 1.89. The molecule has 11 heteroatoms. The van der Waals surface area contributed by atoms with Crippen molar-refractivity contribution in [1.29, 1.82) is 0 Å². The smallest absolute Gasteiger partial charge is 0.488 e. The van der Waals surface area contributed by atoms with Crippen LogP contribution in [0.2, 0.25) is 0 Å². The van der Waals surface area contributed by atoms with Gasteiger partial charge in [0, 0.05) is 36.6 Å². The SMILES string of the molecule is C[C@H]1C(=O)NC[C@@H]1CC(=O)Nc1cc(-c2cc(F)cc(OC(C)(C)C)c2)n(C(F)(F)F)n1. The summed E-state index contributed by atoms with van der Waals surface area (Å²) in [6, 6.07) is 4.29. The Hall–Kier alpha value is -3.11. The van der Waals surface area contributed by atoms with E-state index in [0.717, 1.165) is 18.2 Å². The minimum absolute atomic E-state index is 0.0559. The first-order valence-electron chi connectivity index (χ1n) is 9.98. The number of rotatable bonds is 5. The summed E-state index contributed by atoms with van der Waals surface area (Å²) in [6.45, 7) is 7.16. The van der Waals surface area contributed by atoms with Crippen molar-refractivity contribution in [3.05, 3.63) is 30.1 Å². The van der Waals surface area contributed by atoms with Crippen LogP contribution in [0.3, 0.4) is 0 Å². The Bertz CT molecular complexity index is 1030. The van der Waals surface area contributed by atoms with E-state index in [4.69, 9.17) is 4.74 Å². The molecule has 1 aliphatic rings. The topological polar surface area (TPSA) is 85.3 Å². The Morgan fingerprint density at radius 2 is 1.94 bits per heavy atom. The van der Waals surface area contributed by atoms with Gasteiger partial charge in [0.05, 0.1) is 5.69 Å². The van der Waals surface area contributed by atoms with Crippen LogP contribution in [0.4, 0.5) is 23.4 Å². The average molecular weight is 456 g/mol. The number of halogens is 4. The van der Waals surface area contributed by atoms with E-state index >= 15 is 0 Å². The molecule has 0 bridgehead atoms. The van der Waals surface area contributed by atoms with E-state index in [0.29, 0.717) is 6.54 Å². The third-order valence-electron chi connectivity index (χ3n) is 4.91. The molecule has 2 N–H and O–H groups in total. The molecule has 3 rings (SSSR count). The quantitative estimate of drug-likeness (QED) is 0.665. The first kappa shape index (κ1) is 23.6. The van der Waals surface area contributed by atoms with Crippen molar-refractivity contribution in [3.63, 3.8) is 0 Å². The van der Waals surface area contributed by atoms with Crippen LogP contribution in [0.25, 0.3) is 11.3 Å². The lowest BCUT2D eigenvalue weighted by Crippen LogP contribution is -2.23. The number of ether oxygens (including phenoxy) is 1. The zero-order chi connectivity index (χ0) is 23.8. The summed E-state index contributed by atoms with van der Waals surface area (Å²) in [4.78, 5) is 23.9. The summed E-state index contributed by atoms with van der Waals surface area (Å²) in [5, 5.41) is 8.43. The lowest BCUT2D eigenvalue weighted by molar-refractivity contribution is -0.210. The van der Waals surface area contributed by atoms with Crippen LogP contribution in [-0.2, 0) is 15.9 Å². The maximum atomic E-state index is 14.1. The molecule has 0 aliphatic carbocycles. The van der Waals surface area contributed by atoms with Gasteiger partial charge < -0.3 is 15.4 Å². The Labute approximate surface area is 182 Å². The highest BCUT2D eigenvalue weighted by Gasteiger charge is 2.36. The van der Waals surface area contributed by atoms with E-state index in [1.807, 2.05) is 0 Å². The number of hydrogen-bond acceptors (Lipinski definition) is 4. The van der Waals surface area contributed by atoms with E-state index in [2.05, 4.69) is 15.7 Å². The Kier molecular flexibility index (Phi) is 6.21. The number of carbonyl (C=O) groups excluding carboxylic acids is 2. The second-order valence-corrected chi connectivity index (χ2v) is 8.73. The molecule has 1 aromatic carbocycles. The van der Waals surface area contributed by atoms with Gasteiger partial charge >= 0.3 is 6.30 Å². The molecule has 2 heterocycles. The monoisotopic (exact) mass is 456 g/mol. The average Bonchev–Trinajstić information content (AvgIpc) is 3.18. The van der Waals surface area contributed by atoms with Gasteiger partial charge in [-0.3, -0.25) is 9.59 Å². The van der Waals surface area contributed by atoms with Gasteiger partial charge in [-0.15, -0.1) is 18.3 Å². The standard InChI is InChI=1S/C21H24F4N4O3/c1-11-13(10-26-19(11)31)7-18(30)27-17-9-16(29(28-17)21(23,24)25)12-5-14(22)8-15(6-12)32-20(2,3)4/h5-6,8-9,11,13H,7,10H2,1-4H3,(H,26,31)(H,27,28,30)/t11-,13+/m1/s1. The molecule has 0 unspecified atom stereocenters. The van der Waals surface area contributed by atoms with Crippen molar-refractivity contribution < 1.29 is 31.9 Å². The van der Waals surface area contributed by atoms with Crippen LogP contribution >= 0.6 is 0 Å². The van der Waals surface area contributed by atoms with Gasteiger partial charge in [-0.1, -0.05) is 6.92 Å². The fraction of sp³-hybridized carbons (Fsp3) is 0.476. The number of benzene rings is 1. The van der Waals surface area contributed by atoms with Crippen molar-refractivity contribution in [2.24, 2.45) is 11.8 Å². The zero-order valence-corrected chi connectivity index (χ0v) is 18.0. The number of anilines is 1. The third kappa shape index (κ3) is 5.57. The molecule has 174 valence electrons. The van der Waals surface area contributed by atoms with Crippen LogP contribution in [0.15, 0.2) is 24.3 Å². The Morgan fingerprint density at radius 3 is 2.50 bits per heavy atom. The molecule has 32 heavy (non-hydrogen) atoms. The highest BCUT2D eigenvalue weighted by Crippen LogP contribution is 2.34. The lowest BCUT2D eigenvalue weighted by atomic mass is 9.94. The largest absolute Gasteiger partial charge is 0.505 e. The van der Waals surface area contributed by atoms with Crippen LogP contribution in [-0.4, -0.2) is 33.7 Å². The summed E-state index contributed by atoms with van der Waals surface area (Å²) >= 11 is 0. The van der Waals surface area contributed by atoms with Crippen LogP contribution in [0.1, 0.15) is 34.1 Å². The Morgan fingerprint density at radius 1 is 1.25 bits per heavy atom. The van der Waals surface area contributed by atoms with Crippen LogP contribution in [0, 0.1) is 17.7 Å². The molecule has 2 atom stereocenters. The van der Waals surface area contributed by atoms with E-state index in [9.17, 15) is 27.2 Å². The highest BCUT2D eigenvalue weighted by molar-refractivity contribution is 5.91. The number of hydrogen-bond donors (Lipinski definition) is 2. The summed E-state index contributed by atoms with van der Waals surface area (Å²) in [7, 11) is 0. The number of aromatic nitrogens is 2. The van der Waals surface area contributed by atoms with Crippen molar-refractivity contribution in [3.8, 4) is 17.0 Å². The van der Waals surface area contributed by atoms with E-state index in [1.165, 1.54) is 6.07 Å². The molecule has 2 amide bonds. The summed E-state index contributed by atoms with van der Waals surface area (Å²) in [6.07, 6.45) is -4.97. The molecule has 1 saturated heterocycles. The number of nitrogens with zero attached hydrogens (tertiary/aromatic N) is 2. The second kappa shape index (κ2) is 8.44. The molecule has 1 fully saturated rings. The number of carbonyl (C=O) groups is 2. The van der Waals surface area contributed by atoms with Gasteiger partial charge in [0.15, 0.2) is 5.82 Å². The molecule has 7 nitrogen and oxygen atoms in total. The van der Waals surface area contributed by atoms with Crippen molar-refractivity contribution >= 4 is 17.6 Å². The van der Waals surface area contributed by atoms with Crippen molar-refractivity contribution in [2.45, 2.75) is 46.0 Å². The molecule has 0 spiro atoms. The molecule has 1 aliphatic heterocycles. The summed E-state index contributed by atoms with van der Waals surface area (Å²) in [5.74, 6) is -2.46. The van der Waals surface area contributed by atoms with Gasteiger partial charge in [0.1, 0.15) is 17.2 Å². The summed E-state index contributed by atoms with van der Waals surface area (Å²) in [5.41, 5.74) is -1.27. The molecular weight excluding hydrogens is 432 g/mol. The predicted molar refractivity (Wildman–Crippen MR) is 108 cm³/mol. The fourth-order valence-electron chi connectivity index (χ4n) is 3.43. The van der Waals surface area contributed by atoms with E-state index < -0.39 is 29.3 Å². The number of alkyl halides is 3. The van der Waals surface area contributed by atoms with Gasteiger partial charge in [-0.25, -0.2) is 4.39 Å². The molecule has 1 aromatic heterocycles. The summed E-state index contributed by atoms with van der Waals surface area (Å²) < 4.78 is 60.3.